The van der Waals surface area contributed by atoms with Crippen molar-refractivity contribution in [3.05, 3.63) is 34.1 Å². The number of nitrogens with one attached hydrogen (secondary N) is 2. The average Bonchev–Trinajstić information content (AvgIpc) is 3.43. The summed E-state index contributed by atoms with van der Waals surface area (Å²) in [7, 11) is 0. The first kappa shape index (κ1) is 22.6. The number of hydrogen-bond acceptors (Lipinski definition) is 6. The summed E-state index contributed by atoms with van der Waals surface area (Å²) in [6.45, 7) is 5.85. The van der Waals surface area contributed by atoms with Gasteiger partial charge in [0.05, 0.1) is 10.9 Å². The molecule has 10 nitrogen and oxygen atoms in total. The number of aryl methyl sites for hydroxylation is 1. The molecule has 0 aliphatic carbocycles. The van der Waals surface area contributed by atoms with Crippen molar-refractivity contribution in [1.82, 2.24) is 20.1 Å². The largest absolute Gasteiger partial charge is 0.454 e. The van der Waals surface area contributed by atoms with Crippen molar-refractivity contribution in [3.63, 3.8) is 0 Å². The molecular weight excluding hydrogens is 428 g/mol. The van der Waals surface area contributed by atoms with E-state index in [4.69, 9.17) is 9.47 Å². The lowest BCUT2D eigenvalue weighted by Gasteiger charge is -2.17. The molecule has 2 N–H and O–H groups in total. The molecule has 1 aromatic heterocycles. The number of likely N-dealkylation sites (tertiary alicyclic amines) is 1. The van der Waals surface area contributed by atoms with Crippen molar-refractivity contribution in [2.75, 3.05) is 26.4 Å². The van der Waals surface area contributed by atoms with E-state index in [1.807, 2.05) is 6.92 Å². The van der Waals surface area contributed by atoms with Crippen LogP contribution in [-0.4, -0.2) is 59.7 Å². The van der Waals surface area contributed by atoms with Crippen LogP contribution in [0.2, 0.25) is 0 Å². The number of hydrogen-bond donors (Lipinski definition) is 2. The normalized spacial score (nSPS) is 15.7. The Bertz CT molecular complexity index is 1160. The van der Waals surface area contributed by atoms with Gasteiger partial charge < -0.3 is 29.6 Å². The highest BCUT2D eigenvalue weighted by Gasteiger charge is 2.23. The zero-order valence-electron chi connectivity index (χ0n) is 18.8. The number of carbonyl (C=O) groups excluding carboxylic acids is 3. The van der Waals surface area contributed by atoms with E-state index in [-0.39, 0.29) is 24.2 Å². The van der Waals surface area contributed by atoms with Gasteiger partial charge in [-0.3, -0.25) is 19.2 Å². The predicted octanol–water partition coefficient (Wildman–Crippen LogP) is 0.997. The molecule has 0 saturated carbocycles. The summed E-state index contributed by atoms with van der Waals surface area (Å²) in [5.74, 6) is 0.200. The topological polar surface area (TPSA) is 119 Å². The molecule has 33 heavy (non-hydrogen) atoms. The average molecular weight is 456 g/mol. The number of fused-ring (bicyclic) bond motifs is 2. The Labute approximate surface area is 190 Å². The molecule has 2 aromatic rings. The molecule has 2 aliphatic heterocycles. The quantitative estimate of drug-likeness (QED) is 0.572. The van der Waals surface area contributed by atoms with Crippen LogP contribution in [-0.2, 0) is 16.1 Å². The summed E-state index contributed by atoms with van der Waals surface area (Å²) in [6, 6.07) is 2.49. The lowest BCUT2D eigenvalue weighted by Crippen LogP contribution is -2.46. The van der Waals surface area contributed by atoms with Crippen LogP contribution < -0.4 is 25.5 Å². The highest BCUT2D eigenvalue weighted by molar-refractivity contribution is 6.00. The van der Waals surface area contributed by atoms with Crippen LogP contribution in [0.15, 0.2) is 23.1 Å². The SMILES string of the molecule is CCn1cc(C(=O)NC(C)C(=O)NCCCN2CCCC2=O)c(=O)c2cc3c(cc21)OCO3. The zero-order valence-corrected chi connectivity index (χ0v) is 18.8. The fraction of sp³-hybridized carbons (Fsp3) is 0.478. The van der Waals surface area contributed by atoms with Crippen molar-refractivity contribution in [1.29, 1.82) is 0 Å². The third-order valence-electron chi connectivity index (χ3n) is 5.98. The van der Waals surface area contributed by atoms with E-state index in [0.717, 1.165) is 13.0 Å². The van der Waals surface area contributed by atoms with E-state index in [9.17, 15) is 19.2 Å². The van der Waals surface area contributed by atoms with Crippen molar-refractivity contribution < 1.29 is 23.9 Å². The van der Waals surface area contributed by atoms with Crippen LogP contribution in [0.4, 0.5) is 0 Å². The van der Waals surface area contributed by atoms with E-state index in [2.05, 4.69) is 10.6 Å². The molecule has 0 radical (unpaired) electrons. The molecule has 1 unspecified atom stereocenters. The number of benzene rings is 1. The van der Waals surface area contributed by atoms with Gasteiger partial charge in [-0.2, -0.15) is 0 Å². The molecule has 3 amide bonds. The van der Waals surface area contributed by atoms with E-state index >= 15 is 0 Å². The second kappa shape index (κ2) is 9.51. The fourth-order valence-electron chi connectivity index (χ4n) is 4.12. The summed E-state index contributed by atoms with van der Waals surface area (Å²) in [5.41, 5.74) is 0.161. The number of amides is 3. The summed E-state index contributed by atoms with van der Waals surface area (Å²) in [5, 5.41) is 5.73. The molecule has 0 bridgehead atoms. The van der Waals surface area contributed by atoms with Gasteiger partial charge in [0.25, 0.3) is 5.91 Å². The van der Waals surface area contributed by atoms with E-state index in [1.54, 1.807) is 28.5 Å². The van der Waals surface area contributed by atoms with Gasteiger partial charge in [-0.25, -0.2) is 0 Å². The van der Waals surface area contributed by atoms with Gasteiger partial charge in [0, 0.05) is 44.9 Å². The van der Waals surface area contributed by atoms with Crippen LogP contribution in [0.5, 0.6) is 11.5 Å². The van der Waals surface area contributed by atoms with Gasteiger partial charge in [0.1, 0.15) is 11.6 Å². The Morgan fingerprint density at radius 1 is 1.18 bits per heavy atom. The van der Waals surface area contributed by atoms with Crippen LogP contribution in [0.25, 0.3) is 10.9 Å². The second-order valence-electron chi connectivity index (χ2n) is 8.20. The smallest absolute Gasteiger partial charge is 0.257 e. The summed E-state index contributed by atoms with van der Waals surface area (Å²) in [6.07, 6.45) is 3.61. The first-order valence-corrected chi connectivity index (χ1v) is 11.2. The summed E-state index contributed by atoms with van der Waals surface area (Å²) >= 11 is 0. The first-order chi connectivity index (χ1) is 15.9. The van der Waals surface area contributed by atoms with Gasteiger partial charge in [-0.15, -0.1) is 0 Å². The lowest BCUT2D eigenvalue weighted by molar-refractivity contribution is -0.127. The number of carbonyl (C=O) groups is 3. The standard InChI is InChI=1S/C23H28N4O6/c1-3-26-12-16(21(29)15-10-18-19(11-17(15)26)33-13-32-18)23(31)25-14(2)22(30)24-7-5-9-27-8-4-6-20(27)28/h10-12,14H,3-9,13H2,1-2H3,(H,24,30)(H,25,31). The van der Waals surface area contributed by atoms with Crippen LogP contribution in [0, 0.1) is 0 Å². The number of aromatic nitrogens is 1. The molecular formula is C23H28N4O6. The van der Waals surface area contributed by atoms with Crippen molar-refractivity contribution >= 4 is 28.6 Å². The summed E-state index contributed by atoms with van der Waals surface area (Å²) < 4.78 is 12.6. The predicted molar refractivity (Wildman–Crippen MR) is 120 cm³/mol. The zero-order chi connectivity index (χ0) is 23.5. The third kappa shape index (κ3) is 4.64. The van der Waals surface area contributed by atoms with Crippen molar-refractivity contribution in [2.24, 2.45) is 0 Å². The molecule has 1 fully saturated rings. The minimum atomic E-state index is -0.826. The molecule has 1 aromatic carbocycles. The second-order valence-corrected chi connectivity index (χ2v) is 8.20. The lowest BCUT2D eigenvalue weighted by atomic mass is 10.1. The first-order valence-electron chi connectivity index (χ1n) is 11.2. The fourth-order valence-corrected chi connectivity index (χ4v) is 4.12. The molecule has 0 spiro atoms. The highest BCUT2D eigenvalue weighted by Crippen LogP contribution is 2.35. The maximum Gasteiger partial charge on any atom is 0.257 e. The van der Waals surface area contributed by atoms with Gasteiger partial charge in [0.15, 0.2) is 11.5 Å². The van der Waals surface area contributed by atoms with Gasteiger partial charge in [-0.05, 0) is 32.8 Å². The number of ether oxygens (including phenoxy) is 2. The van der Waals surface area contributed by atoms with Gasteiger partial charge in [0.2, 0.25) is 24.0 Å². The Balaban J connectivity index is 1.41. The van der Waals surface area contributed by atoms with E-state index in [1.165, 1.54) is 6.20 Å². The molecule has 10 heteroatoms. The molecule has 2 aliphatic rings. The molecule has 3 heterocycles. The molecule has 176 valence electrons. The van der Waals surface area contributed by atoms with Crippen LogP contribution in [0.1, 0.15) is 43.5 Å². The highest BCUT2D eigenvalue weighted by atomic mass is 16.7. The van der Waals surface area contributed by atoms with E-state index in [0.29, 0.717) is 54.9 Å². The maximum atomic E-state index is 13.0. The molecule has 1 atom stereocenters. The van der Waals surface area contributed by atoms with Crippen molar-refractivity contribution in [3.8, 4) is 11.5 Å². The Hall–Kier alpha value is -3.56. The number of pyridine rings is 1. The van der Waals surface area contributed by atoms with Gasteiger partial charge in [-0.1, -0.05) is 0 Å². The van der Waals surface area contributed by atoms with Crippen LogP contribution >= 0.6 is 0 Å². The van der Waals surface area contributed by atoms with E-state index < -0.39 is 17.4 Å². The summed E-state index contributed by atoms with van der Waals surface area (Å²) in [4.78, 5) is 51.7. The Kier molecular flexibility index (Phi) is 6.52. The number of rotatable bonds is 8. The van der Waals surface area contributed by atoms with Crippen LogP contribution in [0.3, 0.4) is 0 Å². The minimum Gasteiger partial charge on any atom is -0.454 e. The monoisotopic (exact) mass is 456 g/mol. The number of nitrogens with zero attached hydrogens (tertiary/aromatic N) is 2. The molecule has 4 rings (SSSR count). The Morgan fingerprint density at radius 3 is 2.64 bits per heavy atom. The van der Waals surface area contributed by atoms with Crippen molar-refractivity contribution in [2.45, 2.75) is 45.7 Å². The molecule has 1 saturated heterocycles. The minimum absolute atomic E-state index is 0.0459. The maximum absolute atomic E-state index is 13.0. The van der Waals surface area contributed by atoms with Gasteiger partial charge >= 0.3 is 0 Å². The Morgan fingerprint density at radius 2 is 1.94 bits per heavy atom. The third-order valence-corrected chi connectivity index (χ3v) is 5.98.